The number of methoxy groups -OCH3 is 1. The van der Waals surface area contributed by atoms with Gasteiger partial charge in [0.25, 0.3) is 5.91 Å². The minimum absolute atomic E-state index is 0.0211. The minimum atomic E-state index is -0.653. The number of ether oxygens (including phenoxy) is 2. The SMILES string of the molecule is COC(=O)c1ccc(CN2C(=O)N/C(=C\c3ccc(OCc4ccccc4F)c(I)c3)C2=O)o1. The van der Waals surface area contributed by atoms with E-state index in [4.69, 9.17) is 9.15 Å². The molecule has 0 unspecified atom stereocenters. The number of urea groups is 1. The molecule has 0 bridgehead atoms. The lowest BCUT2D eigenvalue weighted by Crippen LogP contribution is -2.30. The van der Waals surface area contributed by atoms with Crippen LogP contribution >= 0.6 is 22.6 Å². The molecule has 3 amide bonds. The molecule has 1 saturated heterocycles. The van der Waals surface area contributed by atoms with Crippen LogP contribution in [0, 0.1) is 9.39 Å². The van der Waals surface area contributed by atoms with E-state index in [9.17, 15) is 18.8 Å². The van der Waals surface area contributed by atoms with E-state index in [1.807, 2.05) is 0 Å². The maximum atomic E-state index is 13.8. The van der Waals surface area contributed by atoms with E-state index in [1.165, 1.54) is 25.3 Å². The zero-order chi connectivity index (χ0) is 24.2. The van der Waals surface area contributed by atoms with Gasteiger partial charge in [-0.15, -0.1) is 0 Å². The highest BCUT2D eigenvalue weighted by Gasteiger charge is 2.34. The molecule has 0 radical (unpaired) electrons. The zero-order valence-electron chi connectivity index (χ0n) is 17.8. The summed E-state index contributed by atoms with van der Waals surface area (Å²) in [6, 6.07) is 13.9. The lowest BCUT2D eigenvalue weighted by Gasteiger charge is -2.10. The van der Waals surface area contributed by atoms with Gasteiger partial charge in [0, 0.05) is 5.56 Å². The Hall–Kier alpha value is -3.67. The first-order valence-electron chi connectivity index (χ1n) is 10.0. The molecular weight excluding hydrogens is 558 g/mol. The Kier molecular flexibility index (Phi) is 6.96. The summed E-state index contributed by atoms with van der Waals surface area (Å²) in [5.74, 6) is -0.720. The fourth-order valence-corrected chi connectivity index (χ4v) is 3.90. The summed E-state index contributed by atoms with van der Waals surface area (Å²) in [7, 11) is 1.22. The van der Waals surface area contributed by atoms with E-state index in [2.05, 4.69) is 32.6 Å². The number of furan rings is 1. The van der Waals surface area contributed by atoms with Gasteiger partial charge in [0.05, 0.1) is 17.2 Å². The molecular formula is C24H18FIN2O6. The molecule has 174 valence electrons. The maximum Gasteiger partial charge on any atom is 0.373 e. The summed E-state index contributed by atoms with van der Waals surface area (Å²) >= 11 is 2.08. The van der Waals surface area contributed by atoms with Crippen LogP contribution < -0.4 is 10.1 Å². The molecule has 1 N–H and O–H groups in total. The Morgan fingerprint density at radius 3 is 2.71 bits per heavy atom. The number of nitrogens with one attached hydrogen (secondary N) is 1. The van der Waals surface area contributed by atoms with Gasteiger partial charge in [-0.05, 0) is 64.6 Å². The predicted octanol–water partition coefficient (Wildman–Crippen LogP) is 4.48. The summed E-state index contributed by atoms with van der Waals surface area (Å²) in [5, 5.41) is 2.54. The summed E-state index contributed by atoms with van der Waals surface area (Å²) < 4.78 is 30.2. The van der Waals surface area contributed by atoms with Gasteiger partial charge in [-0.1, -0.05) is 24.3 Å². The predicted molar refractivity (Wildman–Crippen MR) is 127 cm³/mol. The second-order valence-corrected chi connectivity index (χ2v) is 8.37. The van der Waals surface area contributed by atoms with Crippen LogP contribution in [0.4, 0.5) is 9.18 Å². The van der Waals surface area contributed by atoms with Gasteiger partial charge in [0.15, 0.2) is 0 Å². The third kappa shape index (κ3) is 5.11. The van der Waals surface area contributed by atoms with Crippen LogP contribution in [-0.2, 0) is 22.7 Å². The Bertz CT molecular complexity index is 1300. The zero-order valence-corrected chi connectivity index (χ0v) is 20.0. The first-order chi connectivity index (χ1) is 16.4. The molecule has 0 saturated carbocycles. The molecule has 10 heteroatoms. The van der Waals surface area contributed by atoms with Crippen molar-refractivity contribution in [1.29, 1.82) is 0 Å². The van der Waals surface area contributed by atoms with Crippen molar-refractivity contribution in [2.24, 2.45) is 0 Å². The first kappa shape index (κ1) is 23.5. The van der Waals surface area contributed by atoms with Crippen molar-refractivity contribution in [3.8, 4) is 5.75 Å². The molecule has 1 aliphatic heterocycles. The highest BCUT2D eigenvalue weighted by Crippen LogP contribution is 2.26. The number of imide groups is 1. The molecule has 0 atom stereocenters. The van der Waals surface area contributed by atoms with Gasteiger partial charge < -0.3 is 19.2 Å². The fourth-order valence-electron chi connectivity index (χ4n) is 3.21. The number of carbonyl (C=O) groups is 3. The molecule has 34 heavy (non-hydrogen) atoms. The van der Waals surface area contributed by atoms with Gasteiger partial charge in [0.2, 0.25) is 5.76 Å². The number of benzene rings is 2. The Balaban J connectivity index is 1.44. The highest BCUT2D eigenvalue weighted by atomic mass is 127. The molecule has 2 aromatic carbocycles. The van der Waals surface area contributed by atoms with E-state index >= 15 is 0 Å². The number of hydrogen-bond acceptors (Lipinski definition) is 6. The second kappa shape index (κ2) is 10.1. The topological polar surface area (TPSA) is 98.1 Å². The molecule has 0 aliphatic carbocycles. The Morgan fingerprint density at radius 1 is 1.18 bits per heavy atom. The number of halogens is 2. The van der Waals surface area contributed by atoms with E-state index < -0.39 is 17.9 Å². The van der Waals surface area contributed by atoms with Gasteiger partial charge in [0.1, 0.15) is 29.6 Å². The number of carbonyl (C=O) groups excluding carboxylic acids is 3. The van der Waals surface area contributed by atoms with Crippen molar-refractivity contribution in [2.75, 3.05) is 7.11 Å². The first-order valence-corrected chi connectivity index (χ1v) is 11.1. The number of amides is 3. The average molecular weight is 576 g/mol. The minimum Gasteiger partial charge on any atom is -0.488 e. The molecule has 1 aliphatic rings. The van der Waals surface area contributed by atoms with Crippen molar-refractivity contribution >= 4 is 46.6 Å². The molecule has 4 rings (SSSR count). The molecule has 1 fully saturated rings. The normalized spacial score (nSPS) is 14.4. The van der Waals surface area contributed by atoms with Crippen molar-refractivity contribution in [1.82, 2.24) is 10.2 Å². The van der Waals surface area contributed by atoms with Crippen LogP contribution in [0.2, 0.25) is 0 Å². The van der Waals surface area contributed by atoms with Gasteiger partial charge in [-0.25, -0.2) is 14.0 Å². The number of esters is 1. The average Bonchev–Trinajstić information content (AvgIpc) is 3.39. The second-order valence-electron chi connectivity index (χ2n) is 7.21. The Morgan fingerprint density at radius 2 is 1.97 bits per heavy atom. The van der Waals surface area contributed by atoms with Gasteiger partial charge in [-0.3, -0.25) is 9.69 Å². The Labute approximate surface area is 207 Å². The molecule has 3 aromatic rings. The molecule has 0 spiro atoms. The van der Waals surface area contributed by atoms with Crippen molar-refractivity contribution in [3.05, 3.63) is 92.3 Å². The summed E-state index contributed by atoms with van der Waals surface area (Å²) in [5.41, 5.74) is 1.21. The van der Waals surface area contributed by atoms with Crippen molar-refractivity contribution in [3.63, 3.8) is 0 Å². The van der Waals surface area contributed by atoms with Crippen LogP contribution in [0.3, 0.4) is 0 Å². The maximum absolute atomic E-state index is 13.8. The van der Waals surface area contributed by atoms with E-state index in [-0.39, 0.29) is 36.2 Å². The van der Waals surface area contributed by atoms with Gasteiger partial charge >= 0.3 is 12.0 Å². The number of rotatable bonds is 7. The van der Waals surface area contributed by atoms with Crippen molar-refractivity contribution in [2.45, 2.75) is 13.2 Å². The van der Waals surface area contributed by atoms with Crippen LogP contribution in [-0.4, -0.2) is 29.9 Å². The van der Waals surface area contributed by atoms with Crippen molar-refractivity contribution < 1.29 is 32.7 Å². The third-order valence-electron chi connectivity index (χ3n) is 4.93. The summed E-state index contributed by atoms with van der Waals surface area (Å²) in [6.45, 7) is -0.0591. The quantitative estimate of drug-likeness (QED) is 0.193. The number of nitrogens with zero attached hydrogens (tertiary/aromatic N) is 1. The molecule has 2 heterocycles. The standard InChI is InChI=1S/C24H18FIN2O6/c1-32-23(30)21-9-7-16(34-21)12-28-22(29)19(27-24(28)31)11-14-6-8-20(18(26)10-14)33-13-15-4-2-3-5-17(15)25/h2-11H,12-13H2,1H3,(H,27,31)/b19-11-. The molecule has 8 nitrogen and oxygen atoms in total. The lowest BCUT2D eigenvalue weighted by molar-refractivity contribution is -0.123. The third-order valence-corrected chi connectivity index (χ3v) is 5.78. The van der Waals surface area contributed by atoms with Crippen LogP contribution in [0.5, 0.6) is 5.75 Å². The van der Waals surface area contributed by atoms with Crippen LogP contribution in [0.15, 0.2) is 64.7 Å². The largest absolute Gasteiger partial charge is 0.488 e. The van der Waals surface area contributed by atoms with Crippen LogP contribution in [0.1, 0.15) is 27.4 Å². The fraction of sp³-hybridized carbons (Fsp3) is 0.125. The van der Waals surface area contributed by atoms with E-state index in [0.29, 0.717) is 16.9 Å². The number of hydrogen-bond donors (Lipinski definition) is 1. The smallest absolute Gasteiger partial charge is 0.373 e. The summed E-state index contributed by atoms with van der Waals surface area (Å²) in [6.07, 6.45) is 1.55. The van der Waals surface area contributed by atoms with Crippen LogP contribution in [0.25, 0.3) is 6.08 Å². The van der Waals surface area contributed by atoms with E-state index in [1.54, 1.807) is 42.5 Å². The lowest BCUT2D eigenvalue weighted by atomic mass is 10.2. The monoisotopic (exact) mass is 576 g/mol. The molecule has 1 aromatic heterocycles. The summed E-state index contributed by atoms with van der Waals surface area (Å²) in [4.78, 5) is 37.6. The van der Waals surface area contributed by atoms with Gasteiger partial charge in [-0.2, -0.15) is 0 Å². The van der Waals surface area contributed by atoms with E-state index in [0.717, 1.165) is 8.47 Å². The highest BCUT2D eigenvalue weighted by molar-refractivity contribution is 14.1.